The zero-order chi connectivity index (χ0) is 21.1. The van der Waals surface area contributed by atoms with Gasteiger partial charge in [0.2, 0.25) is 0 Å². The first-order valence-corrected chi connectivity index (χ1v) is 9.96. The smallest absolute Gasteiger partial charge is 0.177 e. The molecule has 6 heteroatoms. The lowest BCUT2D eigenvalue weighted by Gasteiger charge is -2.32. The third-order valence-corrected chi connectivity index (χ3v) is 4.86. The quantitative estimate of drug-likeness (QED) is 0.459. The summed E-state index contributed by atoms with van der Waals surface area (Å²) in [7, 11) is 0. The van der Waals surface area contributed by atoms with Crippen LogP contribution in [0.4, 0.5) is 0 Å². The van der Waals surface area contributed by atoms with E-state index in [1.165, 1.54) is 0 Å². The third-order valence-electron chi connectivity index (χ3n) is 4.86. The highest BCUT2D eigenvalue weighted by atomic mass is 16.8. The van der Waals surface area contributed by atoms with Crippen molar-refractivity contribution in [2.75, 3.05) is 6.61 Å². The normalized spacial score (nSPS) is 30.0. The molecule has 29 heavy (non-hydrogen) atoms. The molecule has 2 aliphatic rings. The van der Waals surface area contributed by atoms with Crippen molar-refractivity contribution < 1.29 is 28.4 Å². The van der Waals surface area contributed by atoms with Gasteiger partial charge in [-0.25, -0.2) is 0 Å². The van der Waals surface area contributed by atoms with Crippen LogP contribution < -0.4 is 0 Å². The first-order valence-electron chi connectivity index (χ1n) is 9.96. The highest BCUT2D eigenvalue weighted by molar-refractivity contribution is 5.13. The van der Waals surface area contributed by atoms with Crippen molar-refractivity contribution in [3.05, 3.63) is 61.2 Å². The Bertz CT molecular complexity index is 686. The van der Waals surface area contributed by atoms with E-state index in [0.29, 0.717) is 13.2 Å². The maximum atomic E-state index is 6.31. The molecule has 2 saturated heterocycles. The van der Waals surface area contributed by atoms with Gasteiger partial charge in [0.05, 0.1) is 13.2 Å². The van der Waals surface area contributed by atoms with E-state index in [1.807, 2.05) is 58.0 Å². The van der Waals surface area contributed by atoms with E-state index in [0.717, 1.165) is 5.56 Å². The van der Waals surface area contributed by atoms with Crippen molar-refractivity contribution in [3.63, 3.8) is 0 Å². The van der Waals surface area contributed by atoms with Crippen molar-refractivity contribution >= 4 is 0 Å². The molecule has 0 N–H and O–H groups in total. The SMILES string of the molecule is C=CC(OCc1ccccc1)O[C@@H]([C@@H]1OC(C)(C)O[C@@H]1C=C)[C@H]1COC(C)(C)O1. The Morgan fingerprint density at radius 1 is 1.07 bits per heavy atom. The van der Waals surface area contributed by atoms with Crippen molar-refractivity contribution in [1.82, 2.24) is 0 Å². The summed E-state index contributed by atoms with van der Waals surface area (Å²) in [6.45, 7) is 16.0. The molecule has 0 saturated carbocycles. The molecule has 3 rings (SSSR count). The average Bonchev–Trinajstić information content (AvgIpc) is 3.20. The zero-order valence-electron chi connectivity index (χ0n) is 17.7. The van der Waals surface area contributed by atoms with Gasteiger partial charge in [-0.2, -0.15) is 0 Å². The monoisotopic (exact) mass is 404 g/mol. The van der Waals surface area contributed by atoms with Gasteiger partial charge in [0, 0.05) is 0 Å². The van der Waals surface area contributed by atoms with Gasteiger partial charge in [-0.05, 0) is 39.3 Å². The van der Waals surface area contributed by atoms with Crippen LogP contribution in [0, 0.1) is 0 Å². The van der Waals surface area contributed by atoms with Crippen LogP contribution in [0.3, 0.4) is 0 Å². The molecule has 2 fully saturated rings. The maximum Gasteiger partial charge on any atom is 0.177 e. The minimum absolute atomic E-state index is 0.345. The molecular formula is C23H32O6. The van der Waals surface area contributed by atoms with Gasteiger partial charge in [-0.15, -0.1) is 6.58 Å². The van der Waals surface area contributed by atoms with Crippen LogP contribution in [0.15, 0.2) is 55.6 Å². The summed E-state index contributed by atoms with van der Waals surface area (Å²) < 4.78 is 36.2. The largest absolute Gasteiger partial charge is 0.348 e. The third kappa shape index (κ3) is 5.75. The second-order valence-corrected chi connectivity index (χ2v) is 8.17. The Hall–Kier alpha value is -1.54. The lowest BCUT2D eigenvalue weighted by Crippen LogP contribution is -2.48. The highest BCUT2D eigenvalue weighted by Crippen LogP contribution is 2.36. The molecule has 0 aromatic heterocycles. The molecule has 6 nitrogen and oxygen atoms in total. The molecule has 0 spiro atoms. The molecule has 2 heterocycles. The minimum atomic E-state index is -0.755. The Labute approximate surface area is 173 Å². The molecule has 0 bridgehead atoms. The van der Waals surface area contributed by atoms with Crippen molar-refractivity contribution in [2.45, 2.75) is 76.6 Å². The first-order chi connectivity index (χ1) is 13.7. The van der Waals surface area contributed by atoms with Crippen molar-refractivity contribution in [2.24, 2.45) is 0 Å². The predicted molar refractivity (Wildman–Crippen MR) is 109 cm³/mol. The lowest BCUT2D eigenvalue weighted by atomic mass is 10.0. The molecule has 2 aliphatic heterocycles. The predicted octanol–water partition coefficient (Wildman–Crippen LogP) is 3.96. The Morgan fingerprint density at radius 2 is 1.79 bits per heavy atom. The van der Waals surface area contributed by atoms with Crippen LogP contribution in [0.25, 0.3) is 0 Å². The fraction of sp³-hybridized carbons (Fsp3) is 0.565. The summed E-state index contributed by atoms with van der Waals surface area (Å²) in [6, 6.07) is 9.90. The molecule has 0 radical (unpaired) electrons. The van der Waals surface area contributed by atoms with Crippen LogP contribution in [0.1, 0.15) is 33.3 Å². The van der Waals surface area contributed by atoms with E-state index < -0.39 is 30.1 Å². The van der Waals surface area contributed by atoms with E-state index in [9.17, 15) is 0 Å². The van der Waals surface area contributed by atoms with E-state index >= 15 is 0 Å². The second kappa shape index (κ2) is 9.08. The van der Waals surface area contributed by atoms with E-state index in [2.05, 4.69) is 13.2 Å². The summed E-state index contributed by atoms with van der Waals surface area (Å²) in [6.07, 6.45) is 1.09. The van der Waals surface area contributed by atoms with Crippen LogP contribution in [0.5, 0.6) is 0 Å². The summed E-state index contributed by atoms with van der Waals surface area (Å²) >= 11 is 0. The Kier molecular flexibility index (Phi) is 6.94. The first kappa shape index (κ1) is 22.2. The molecule has 1 aromatic carbocycles. The van der Waals surface area contributed by atoms with Gasteiger partial charge in [-0.1, -0.05) is 43.0 Å². The standard InChI is InChI=1S/C23H32O6/c1-7-17-21(29-23(5,6)27-17)20(18-15-25-22(3,4)28-18)26-19(8-2)24-14-16-12-10-9-11-13-16/h7-13,17-21H,1-2,14-15H2,3-6H3/t17-,18-,19?,20-,21-/m1/s1. The fourth-order valence-corrected chi connectivity index (χ4v) is 3.58. The molecule has 1 aromatic rings. The van der Waals surface area contributed by atoms with Crippen LogP contribution in [-0.4, -0.2) is 48.9 Å². The van der Waals surface area contributed by atoms with Gasteiger partial charge in [0.15, 0.2) is 17.9 Å². The Balaban J connectivity index is 1.75. The topological polar surface area (TPSA) is 55.4 Å². The number of hydrogen-bond acceptors (Lipinski definition) is 6. The molecule has 0 amide bonds. The van der Waals surface area contributed by atoms with Crippen LogP contribution >= 0.6 is 0 Å². The van der Waals surface area contributed by atoms with Gasteiger partial charge < -0.3 is 28.4 Å². The molecule has 160 valence electrons. The highest BCUT2D eigenvalue weighted by Gasteiger charge is 2.50. The molecular weight excluding hydrogens is 372 g/mol. The van der Waals surface area contributed by atoms with E-state index in [1.54, 1.807) is 12.2 Å². The van der Waals surface area contributed by atoms with Gasteiger partial charge in [0.25, 0.3) is 0 Å². The van der Waals surface area contributed by atoms with E-state index in [-0.39, 0.29) is 12.2 Å². The summed E-state index contributed by atoms with van der Waals surface area (Å²) in [5.74, 6) is -1.45. The van der Waals surface area contributed by atoms with Gasteiger partial charge in [0.1, 0.15) is 24.4 Å². The summed E-state index contributed by atoms with van der Waals surface area (Å²) in [4.78, 5) is 0. The minimum Gasteiger partial charge on any atom is -0.348 e. The lowest BCUT2D eigenvalue weighted by molar-refractivity contribution is -0.227. The summed E-state index contributed by atoms with van der Waals surface area (Å²) in [5, 5.41) is 0. The van der Waals surface area contributed by atoms with E-state index in [4.69, 9.17) is 28.4 Å². The molecule has 1 unspecified atom stereocenters. The zero-order valence-corrected chi connectivity index (χ0v) is 17.7. The number of ether oxygens (including phenoxy) is 6. The van der Waals surface area contributed by atoms with Gasteiger partial charge in [-0.3, -0.25) is 0 Å². The fourth-order valence-electron chi connectivity index (χ4n) is 3.58. The van der Waals surface area contributed by atoms with Crippen molar-refractivity contribution in [3.8, 4) is 0 Å². The van der Waals surface area contributed by atoms with Crippen LogP contribution in [0.2, 0.25) is 0 Å². The number of hydrogen-bond donors (Lipinski definition) is 0. The number of rotatable bonds is 9. The average molecular weight is 405 g/mol. The molecule has 0 aliphatic carbocycles. The van der Waals surface area contributed by atoms with Gasteiger partial charge >= 0.3 is 0 Å². The summed E-state index contributed by atoms with van der Waals surface area (Å²) in [5.41, 5.74) is 1.05. The maximum absolute atomic E-state index is 6.31. The Morgan fingerprint density at radius 3 is 2.38 bits per heavy atom. The number of benzene rings is 1. The second-order valence-electron chi connectivity index (χ2n) is 8.17. The molecule has 5 atom stereocenters. The van der Waals surface area contributed by atoms with Crippen molar-refractivity contribution in [1.29, 1.82) is 0 Å². The van der Waals surface area contributed by atoms with Crippen LogP contribution in [-0.2, 0) is 35.0 Å².